The van der Waals surface area contributed by atoms with Gasteiger partial charge in [0.05, 0.1) is 5.71 Å². The maximum Gasteiger partial charge on any atom is 0.226 e. The van der Waals surface area contributed by atoms with Crippen LogP contribution in [0.15, 0.2) is 27.9 Å². The van der Waals surface area contributed by atoms with Gasteiger partial charge in [0.25, 0.3) is 0 Å². The zero-order chi connectivity index (χ0) is 25.7. The Hall–Kier alpha value is -2.74. The highest BCUT2D eigenvalue weighted by Crippen LogP contribution is 2.62. The van der Waals surface area contributed by atoms with Crippen molar-refractivity contribution in [2.45, 2.75) is 78.1 Å². The van der Waals surface area contributed by atoms with Crippen molar-refractivity contribution in [2.75, 3.05) is 12.4 Å². The van der Waals surface area contributed by atoms with Crippen molar-refractivity contribution in [3.63, 3.8) is 0 Å². The van der Waals surface area contributed by atoms with E-state index in [4.69, 9.17) is 9.25 Å². The fourth-order valence-corrected chi connectivity index (χ4v) is 8.50. The Morgan fingerprint density at radius 2 is 2.19 bits per heavy atom. The standard InChI is InChI=1S/C29H36N4O3S/c1-16-15-30-28(37-16)32-26(34)7-5-6-19-13-25(33-35-4)29(3)11-10-20-21(27(19)29)9-8-18-12-24-23(14-22(18)20)31-17(2)36-24/h12,14-15,19-21,27H,5-11,13H2,1-4H3,(H,30,32,34)/b33-25+/t19-,20?,21?,27?,29-/m1/s1. The van der Waals surface area contributed by atoms with E-state index in [-0.39, 0.29) is 11.3 Å². The average Bonchev–Trinajstić information content (AvgIpc) is 3.52. The van der Waals surface area contributed by atoms with E-state index < -0.39 is 0 Å². The summed E-state index contributed by atoms with van der Waals surface area (Å²) in [4.78, 5) is 27.9. The van der Waals surface area contributed by atoms with E-state index in [0.29, 0.717) is 35.2 Å². The Morgan fingerprint density at radius 3 is 2.97 bits per heavy atom. The highest BCUT2D eigenvalue weighted by molar-refractivity contribution is 7.15. The highest BCUT2D eigenvalue weighted by atomic mass is 32.1. The second-order valence-corrected chi connectivity index (χ2v) is 12.7. The quantitative estimate of drug-likeness (QED) is 0.361. The van der Waals surface area contributed by atoms with E-state index in [2.05, 4.69) is 39.5 Å². The molecule has 0 radical (unpaired) electrons. The van der Waals surface area contributed by atoms with Crippen molar-refractivity contribution in [3.05, 3.63) is 40.2 Å². The molecule has 3 aromatic rings. The van der Waals surface area contributed by atoms with Crippen LogP contribution in [-0.4, -0.2) is 28.7 Å². The van der Waals surface area contributed by atoms with Crippen LogP contribution in [-0.2, 0) is 16.1 Å². The first-order valence-electron chi connectivity index (χ1n) is 13.6. The number of anilines is 1. The first kappa shape index (κ1) is 24.6. The molecule has 1 aromatic carbocycles. The van der Waals surface area contributed by atoms with Crippen LogP contribution in [0.25, 0.3) is 11.1 Å². The first-order valence-corrected chi connectivity index (χ1v) is 14.4. The van der Waals surface area contributed by atoms with Gasteiger partial charge in [-0.15, -0.1) is 11.3 Å². The van der Waals surface area contributed by atoms with Crippen molar-refractivity contribution in [3.8, 4) is 0 Å². The van der Waals surface area contributed by atoms with Gasteiger partial charge in [0.2, 0.25) is 5.91 Å². The first-order chi connectivity index (χ1) is 17.9. The van der Waals surface area contributed by atoms with Gasteiger partial charge >= 0.3 is 0 Å². The summed E-state index contributed by atoms with van der Waals surface area (Å²) in [5.74, 6) is 3.01. The summed E-state index contributed by atoms with van der Waals surface area (Å²) in [7, 11) is 1.66. The van der Waals surface area contributed by atoms with Gasteiger partial charge in [0.15, 0.2) is 16.6 Å². The van der Waals surface area contributed by atoms with Crippen molar-refractivity contribution in [1.82, 2.24) is 9.97 Å². The number of thiazole rings is 1. The molecule has 3 aliphatic rings. The second kappa shape index (κ2) is 9.53. The van der Waals surface area contributed by atoms with Crippen LogP contribution in [0.5, 0.6) is 0 Å². The number of oxime groups is 1. The largest absolute Gasteiger partial charge is 0.441 e. The van der Waals surface area contributed by atoms with E-state index in [1.807, 2.05) is 13.8 Å². The zero-order valence-corrected chi connectivity index (χ0v) is 23.0. The number of carbonyl (C=O) groups is 1. The number of aryl methyl sites for hydroxylation is 3. The normalized spacial score (nSPS) is 29.7. The maximum absolute atomic E-state index is 12.6. The lowest BCUT2D eigenvalue weighted by molar-refractivity contribution is -0.116. The van der Waals surface area contributed by atoms with Crippen LogP contribution in [0, 0.1) is 37.0 Å². The third kappa shape index (κ3) is 4.37. The highest BCUT2D eigenvalue weighted by Gasteiger charge is 2.57. The molecule has 1 amide bonds. The van der Waals surface area contributed by atoms with Gasteiger partial charge in [0.1, 0.15) is 12.6 Å². The number of fused-ring (bicyclic) bond motifs is 6. The molecule has 1 N–H and O–H groups in total. The predicted molar refractivity (Wildman–Crippen MR) is 146 cm³/mol. The van der Waals surface area contributed by atoms with Gasteiger partial charge in [-0.2, -0.15) is 0 Å². The van der Waals surface area contributed by atoms with Gasteiger partial charge in [-0.1, -0.05) is 12.1 Å². The van der Waals surface area contributed by atoms with E-state index in [9.17, 15) is 4.79 Å². The number of hydrogen-bond acceptors (Lipinski definition) is 7. The monoisotopic (exact) mass is 520 g/mol. The summed E-state index contributed by atoms with van der Waals surface area (Å²) in [6, 6.07) is 4.54. The van der Waals surface area contributed by atoms with Gasteiger partial charge in [0, 0.05) is 29.8 Å². The average molecular weight is 521 g/mol. The van der Waals surface area contributed by atoms with Crippen molar-refractivity contribution in [1.29, 1.82) is 0 Å². The van der Waals surface area contributed by atoms with Crippen molar-refractivity contribution < 1.29 is 14.0 Å². The van der Waals surface area contributed by atoms with Crippen molar-refractivity contribution in [2.24, 2.45) is 28.3 Å². The minimum Gasteiger partial charge on any atom is -0.441 e. The summed E-state index contributed by atoms with van der Waals surface area (Å²) in [5.41, 5.74) is 6.09. The molecule has 6 rings (SSSR count). The van der Waals surface area contributed by atoms with E-state index in [0.717, 1.165) is 60.4 Å². The summed E-state index contributed by atoms with van der Waals surface area (Å²) in [6.45, 7) is 6.34. The molecule has 0 aliphatic heterocycles. The second-order valence-electron chi connectivity index (χ2n) is 11.4. The summed E-state index contributed by atoms with van der Waals surface area (Å²) < 4.78 is 5.84. The molecule has 5 atom stereocenters. The predicted octanol–water partition coefficient (Wildman–Crippen LogP) is 6.79. The molecule has 7 nitrogen and oxygen atoms in total. The zero-order valence-electron chi connectivity index (χ0n) is 22.2. The van der Waals surface area contributed by atoms with Crippen LogP contribution >= 0.6 is 11.3 Å². The molecule has 37 heavy (non-hydrogen) atoms. The number of nitrogens with zero attached hydrogens (tertiary/aromatic N) is 3. The van der Waals surface area contributed by atoms with Crippen LogP contribution in [0.3, 0.4) is 0 Å². The molecule has 0 spiro atoms. The van der Waals surface area contributed by atoms with Crippen LogP contribution in [0.2, 0.25) is 0 Å². The number of benzene rings is 1. The van der Waals surface area contributed by atoms with Crippen LogP contribution in [0.1, 0.15) is 79.7 Å². The molecule has 3 aliphatic carbocycles. The molecule has 2 aromatic heterocycles. The van der Waals surface area contributed by atoms with Crippen LogP contribution in [0.4, 0.5) is 5.13 Å². The Kier molecular flexibility index (Phi) is 6.33. The molecule has 196 valence electrons. The summed E-state index contributed by atoms with van der Waals surface area (Å²) in [5, 5.41) is 8.22. The summed E-state index contributed by atoms with van der Waals surface area (Å²) in [6.07, 6.45) is 9.76. The molecule has 8 heteroatoms. The van der Waals surface area contributed by atoms with Gasteiger partial charge in [-0.3, -0.25) is 4.79 Å². The number of rotatable bonds is 6. The van der Waals surface area contributed by atoms with Gasteiger partial charge in [-0.05, 0) is 98.8 Å². The molecule has 3 unspecified atom stereocenters. The topological polar surface area (TPSA) is 89.6 Å². The Bertz CT molecular complexity index is 1360. The van der Waals surface area contributed by atoms with Crippen LogP contribution < -0.4 is 5.32 Å². The molecular weight excluding hydrogens is 484 g/mol. The van der Waals surface area contributed by atoms with Gasteiger partial charge < -0.3 is 14.6 Å². The van der Waals surface area contributed by atoms with E-state index in [1.165, 1.54) is 34.6 Å². The molecule has 2 saturated carbocycles. The van der Waals surface area contributed by atoms with E-state index >= 15 is 0 Å². The van der Waals surface area contributed by atoms with Gasteiger partial charge in [-0.25, -0.2) is 9.97 Å². The molecule has 0 bridgehead atoms. The number of carbonyl (C=O) groups excluding carboxylic acids is 1. The molecule has 2 fully saturated rings. The number of oxazole rings is 1. The molecular formula is C29H36N4O3S. The lowest BCUT2D eigenvalue weighted by atomic mass is 9.54. The minimum absolute atomic E-state index is 0.0564. The Morgan fingerprint density at radius 1 is 1.32 bits per heavy atom. The molecule has 0 saturated heterocycles. The fourth-order valence-electron chi connectivity index (χ4n) is 7.82. The minimum atomic E-state index is 0.0564. The number of aromatic nitrogens is 2. The maximum atomic E-state index is 12.6. The Labute approximate surface area is 222 Å². The summed E-state index contributed by atoms with van der Waals surface area (Å²) >= 11 is 1.52. The third-order valence-electron chi connectivity index (χ3n) is 9.26. The number of amides is 1. The third-order valence-corrected chi connectivity index (χ3v) is 10.1. The SMILES string of the molecule is CO/N=C1\C[C@@H](CCCC(=O)Nc2ncc(C)s2)C2C3CCc4cc5oc(C)nc5cc4C3CC[C@]12C. The Balaban J connectivity index is 1.22. The lowest BCUT2D eigenvalue weighted by Gasteiger charge is -2.50. The lowest BCUT2D eigenvalue weighted by Crippen LogP contribution is -2.44. The fraction of sp³-hybridized carbons (Fsp3) is 0.586. The van der Waals surface area contributed by atoms with E-state index in [1.54, 1.807) is 13.3 Å². The smallest absolute Gasteiger partial charge is 0.226 e. The van der Waals surface area contributed by atoms with Crippen molar-refractivity contribution >= 4 is 39.2 Å². The number of hydrogen-bond donors (Lipinski definition) is 1. The number of nitrogens with one attached hydrogen (secondary N) is 1. The molecule has 2 heterocycles.